The Kier molecular flexibility index (Phi) is 3.79. The minimum absolute atomic E-state index is 0.00470. The van der Waals surface area contributed by atoms with E-state index in [1.54, 1.807) is 6.92 Å². The summed E-state index contributed by atoms with van der Waals surface area (Å²) in [7, 11) is -3.84. The summed E-state index contributed by atoms with van der Waals surface area (Å²) in [5.41, 5.74) is 4.91. The molecule has 0 spiro atoms. The van der Waals surface area contributed by atoms with Crippen LogP contribution in [0.1, 0.15) is 25.3 Å². The number of hydrogen-bond donors (Lipinski definition) is 2. The Morgan fingerprint density at radius 2 is 2.10 bits per heavy atom. The predicted octanol–water partition coefficient (Wildman–Crippen LogP) is 1.25. The number of hydrogen-bond acceptors (Lipinski definition) is 4. The molecule has 2 rings (SSSR count). The molecule has 1 aliphatic rings. The van der Waals surface area contributed by atoms with Gasteiger partial charge in [-0.3, -0.25) is 0 Å². The van der Waals surface area contributed by atoms with Gasteiger partial charge in [0, 0.05) is 24.3 Å². The average Bonchev–Trinajstić information content (AvgIpc) is 2.34. The first kappa shape index (κ1) is 15.2. The third kappa shape index (κ3) is 2.79. The summed E-state index contributed by atoms with van der Waals surface area (Å²) < 4.78 is 39.8. The Balaban J connectivity index is 2.40. The molecule has 1 atom stereocenters. The van der Waals surface area contributed by atoms with Crippen LogP contribution in [0.15, 0.2) is 17.0 Å². The maximum atomic E-state index is 13.7. The number of anilines is 1. The summed E-state index contributed by atoms with van der Waals surface area (Å²) in [4.78, 5) is -0.171. The molecule has 0 amide bonds. The molecule has 112 valence electrons. The largest absolute Gasteiger partial charge is 0.398 e. The molecule has 1 aromatic carbocycles. The van der Waals surface area contributed by atoms with Crippen molar-refractivity contribution < 1.29 is 17.9 Å². The van der Waals surface area contributed by atoms with Gasteiger partial charge in [0.15, 0.2) is 0 Å². The first-order chi connectivity index (χ1) is 9.13. The van der Waals surface area contributed by atoms with E-state index in [0.29, 0.717) is 19.4 Å². The first-order valence-corrected chi connectivity index (χ1v) is 7.86. The number of rotatable bonds is 2. The van der Waals surface area contributed by atoms with Crippen LogP contribution < -0.4 is 5.73 Å². The topological polar surface area (TPSA) is 83.6 Å². The number of nitrogens with zero attached hydrogens (tertiary/aromatic N) is 1. The predicted molar refractivity (Wildman–Crippen MR) is 74.2 cm³/mol. The Bertz CT molecular complexity index is 605. The highest BCUT2D eigenvalue weighted by atomic mass is 32.2. The van der Waals surface area contributed by atoms with E-state index in [1.807, 2.05) is 0 Å². The van der Waals surface area contributed by atoms with Crippen molar-refractivity contribution >= 4 is 15.7 Å². The van der Waals surface area contributed by atoms with Gasteiger partial charge in [-0.1, -0.05) is 0 Å². The van der Waals surface area contributed by atoms with Gasteiger partial charge in [0.05, 0.1) is 10.5 Å². The van der Waals surface area contributed by atoms with Crippen LogP contribution in [0.4, 0.5) is 10.1 Å². The average molecular weight is 302 g/mol. The molecule has 3 N–H and O–H groups in total. The van der Waals surface area contributed by atoms with Gasteiger partial charge >= 0.3 is 0 Å². The SMILES string of the molecule is Cc1c(N)cc(S(=O)(=O)N2CCCC(C)(O)C2)cc1F. The van der Waals surface area contributed by atoms with E-state index in [2.05, 4.69) is 0 Å². The molecule has 0 bridgehead atoms. The summed E-state index contributed by atoms with van der Waals surface area (Å²) in [6.07, 6.45) is 1.11. The van der Waals surface area contributed by atoms with Gasteiger partial charge in [-0.05, 0) is 38.8 Å². The van der Waals surface area contributed by atoms with Crippen molar-refractivity contribution in [3.05, 3.63) is 23.5 Å². The van der Waals surface area contributed by atoms with Gasteiger partial charge in [-0.15, -0.1) is 0 Å². The van der Waals surface area contributed by atoms with Crippen molar-refractivity contribution in [2.24, 2.45) is 0 Å². The van der Waals surface area contributed by atoms with Crippen molar-refractivity contribution in [3.8, 4) is 0 Å². The lowest BCUT2D eigenvalue weighted by Crippen LogP contribution is -2.48. The molecular formula is C13H19FN2O3S. The Morgan fingerprint density at radius 3 is 2.65 bits per heavy atom. The molecule has 1 aliphatic heterocycles. The van der Waals surface area contributed by atoms with Crippen molar-refractivity contribution in [1.82, 2.24) is 4.31 Å². The number of nitrogen functional groups attached to an aromatic ring is 1. The molecule has 0 saturated carbocycles. The number of sulfonamides is 1. The molecule has 1 unspecified atom stereocenters. The molecule has 20 heavy (non-hydrogen) atoms. The van der Waals surface area contributed by atoms with Crippen LogP contribution in [0.25, 0.3) is 0 Å². The van der Waals surface area contributed by atoms with E-state index in [-0.39, 0.29) is 22.7 Å². The second-order valence-corrected chi connectivity index (χ2v) is 7.50. The minimum Gasteiger partial charge on any atom is -0.398 e. The van der Waals surface area contributed by atoms with Gasteiger partial charge in [0.25, 0.3) is 0 Å². The lowest BCUT2D eigenvalue weighted by Gasteiger charge is -2.36. The molecule has 0 radical (unpaired) electrons. The van der Waals surface area contributed by atoms with Crippen LogP contribution in [0, 0.1) is 12.7 Å². The number of aliphatic hydroxyl groups is 1. The number of halogens is 1. The number of nitrogens with two attached hydrogens (primary N) is 1. The molecule has 5 nitrogen and oxygen atoms in total. The summed E-state index contributed by atoms with van der Waals surface area (Å²) in [6.45, 7) is 3.41. The van der Waals surface area contributed by atoms with Crippen molar-refractivity contribution in [2.75, 3.05) is 18.8 Å². The first-order valence-electron chi connectivity index (χ1n) is 6.42. The molecular weight excluding hydrogens is 283 g/mol. The highest BCUT2D eigenvalue weighted by Gasteiger charge is 2.35. The summed E-state index contributed by atoms with van der Waals surface area (Å²) in [5.74, 6) is -0.646. The Morgan fingerprint density at radius 1 is 1.45 bits per heavy atom. The van der Waals surface area contributed by atoms with Crippen molar-refractivity contribution in [1.29, 1.82) is 0 Å². The van der Waals surface area contributed by atoms with E-state index in [9.17, 15) is 17.9 Å². The van der Waals surface area contributed by atoms with E-state index in [1.165, 1.54) is 17.3 Å². The van der Waals surface area contributed by atoms with Crippen molar-refractivity contribution in [2.45, 2.75) is 37.2 Å². The fourth-order valence-corrected chi connectivity index (χ4v) is 4.00. The second kappa shape index (κ2) is 4.98. The van der Waals surface area contributed by atoms with Crippen LogP contribution in [0.5, 0.6) is 0 Å². The molecule has 1 heterocycles. The highest BCUT2D eigenvalue weighted by molar-refractivity contribution is 7.89. The van der Waals surface area contributed by atoms with Crippen LogP contribution in [-0.2, 0) is 10.0 Å². The molecule has 1 fully saturated rings. The van der Waals surface area contributed by atoms with Crippen LogP contribution in [0.2, 0.25) is 0 Å². The zero-order chi connectivity index (χ0) is 15.1. The van der Waals surface area contributed by atoms with E-state index < -0.39 is 21.4 Å². The maximum absolute atomic E-state index is 13.7. The standard InChI is InChI=1S/C13H19FN2O3S/c1-9-11(14)6-10(7-12(9)15)20(18,19)16-5-3-4-13(2,17)8-16/h6-7,17H,3-5,8,15H2,1-2H3. The highest BCUT2D eigenvalue weighted by Crippen LogP contribution is 2.28. The molecule has 0 aromatic heterocycles. The number of benzene rings is 1. The van der Waals surface area contributed by atoms with E-state index >= 15 is 0 Å². The van der Waals surface area contributed by atoms with E-state index in [4.69, 9.17) is 5.73 Å². The van der Waals surface area contributed by atoms with Crippen LogP contribution >= 0.6 is 0 Å². The molecule has 0 aliphatic carbocycles. The zero-order valence-electron chi connectivity index (χ0n) is 11.6. The Hall–Kier alpha value is -1.18. The third-order valence-electron chi connectivity index (χ3n) is 3.64. The molecule has 7 heteroatoms. The van der Waals surface area contributed by atoms with Crippen LogP contribution in [0.3, 0.4) is 0 Å². The second-order valence-electron chi connectivity index (χ2n) is 5.56. The molecule has 1 aromatic rings. The van der Waals surface area contributed by atoms with Crippen molar-refractivity contribution in [3.63, 3.8) is 0 Å². The van der Waals surface area contributed by atoms with Gasteiger partial charge in [0.1, 0.15) is 5.82 Å². The lowest BCUT2D eigenvalue weighted by molar-refractivity contribution is 0.00940. The molecule has 1 saturated heterocycles. The van der Waals surface area contributed by atoms with Gasteiger partial charge < -0.3 is 10.8 Å². The van der Waals surface area contributed by atoms with Gasteiger partial charge in [-0.2, -0.15) is 4.31 Å². The summed E-state index contributed by atoms with van der Waals surface area (Å²) >= 11 is 0. The number of piperidine rings is 1. The normalized spacial score (nSPS) is 24.8. The minimum atomic E-state index is -3.84. The quantitative estimate of drug-likeness (QED) is 0.805. The monoisotopic (exact) mass is 302 g/mol. The third-order valence-corrected chi connectivity index (χ3v) is 5.46. The van der Waals surface area contributed by atoms with Gasteiger partial charge in [0.2, 0.25) is 10.0 Å². The fourth-order valence-electron chi connectivity index (χ4n) is 2.35. The summed E-state index contributed by atoms with van der Waals surface area (Å²) in [5, 5.41) is 10.0. The van der Waals surface area contributed by atoms with Gasteiger partial charge in [-0.25, -0.2) is 12.8 Å². The van der Waals surface area contributed by atoms with E-state index in [0.717, 1.165) is 6.07 Å². The fraction of sp³-hybridized carbons (Fsp3) is 0.538. The summed E-state index contributed by atoms with van der Waals surface area (Å²) in [6, 6.07) is 2.24. The smallest absolute Gasteiger partial charge is 0.243 e. The Labute approximate surface area is 118 Å². The van der Waals surface area contributed by atoms with Crippen LogP contribution in [-0.4, -0.2) is 36.5 Å². The number of β-amino-alcohol motifs (C(OH)–C–C–N with tert-alkyl or cyclic N) is 1. The zero-order valence-corrected chi connectivity index (χ0v) is 12.4. The maximum Gasteiger partial charge on any atom is 0.243 e. The lowest BCUT2D eigenvalue weighted by atomic mass is 9.97.